The molecular formula is C28H24N6O2. The third kappa shape index (κ3) is 4.42. The highest BCUT2D eigenvalue weighted by molar-refractivity contribution is 5.83. The number of pyridine rings is 1. The monoisotopic (exact) mass is 476 g/mol. The van der Waals surface area contributed by atoms with Crippen molar-refractivity contribution in [3.63, 3.8) is 0 Å². The largest absolute Gasteiger partial charge is 0.481 e. The van der Waals surface area contributed by atoms with Crippen LogP contribution in [0.5, 0.6) is 17.5 Å². The van der Waals surface area contributed by atoms with E-state index < -0.39 is 0 Å². The van der Waals surface area contributed by atoms with Crippen LogP contribution in [-0.2, 0) is 7.05 Å². The van der Waals surface area contributed by atoms with E-state index in [1.54, 1.807) is 25.4 Å². The summed E-state index contributed by atoms with van der Waals surface area (Å²) in [5.74, 6) is 2.17. The average Bonchev–Trinajstić information content (AvgIpc) is 3.27. The topological polar surface area (TPSA) is 97.9 Å². The molecule has 3 heterocycles. The maximum atomic E-state index is 9.04. The van der Waals surface area contributed by atoms with Crippen LogP contribution >= 0.6 is 0 Å². The molecule has 1 N–H and O–H groups in total. The molecule has 0 atom stereocenters. The van der Waals surface area contributed by atoms with Crippen molar-refractivity contribution in [1.82, 2.24) is 19.5 Å². The predicted octanol–water partition coefficient (Wildman–Crippen LogP) is 6.06. The highest BCUT2D eigenvalue weighted by Gasteiger charge is 2.17. The number of hydrogen-bond acceptors (Lipinski definition) is 7. The molecule has 2 aromatic carbocycles. The number of rotatable bonds is 6. The smallest absolute Gasteiger partial charge is 0.249 e. The van der Waals surface area contributed by atoms with E-state index >= 15 is 0 Å². The summed E-state index contributed by atoms with van der Waals surface area (Å²) in [6.45, 7) is 4.03. The molecule has 0 bridgehead atoms. The van der Waals surface area contributed by atoms with Gasteiger partial charge in [-0.25, -0.2) is 9.97 Å². The molecule has 0 amide bonds. The summed E-state index contributed by atoms with van der Waals surface area (Å²) in [6, 6.07) is 19.2. The second-order valence-electron chi connectivity index (χ2n) is 8.46. The Hall–Kier alpha value is -4.90. The van der Waals surface area contributed by atoms with Crippen LogP contribution in [0.1, 0.15) is 16.7 Å². The number of aryl methyl sites for hydroxylation is 3. The SMILES string of the molecule is COc1cc(-c2cc(C)c(Oc3nc(Nc4ccc(C#N)cc4)nc4ccn(C)c34)c(C)c2)ccn1. The minimum Gasteiger partial charge on any atom is -0.481 e. The number of anilines is 2. The van der Waals surface area contributed by atoms with Crippen molar-refractivity contribution in [2.75, 3.05) is 12.4 Å². The first-order chi connectivity index (χ1) is 17.4. The van der Waals surface area contributed by atoms with Gasteiger partial charge in [0.25, 0.3) is 0 Å². The molecule has 3 aromatic heterocycles. The second-order valence-corrected chi connectivity index (χ2v) is 8.46. The van der Waals surface area contributed by atoms with E-state index in [4.69, 9.17) is 19.7 Å². The number of fused-ring (bicyclic) bond motifs is 1. The first kappa shape index (κ1) is 22.9. The average molecular weight is 477 g/mol. The first-order valence-electron chi connectivity index (χ1n) is 11.3. The van der Waals surface area contributed by atoms with Crippen LogP contribution < -0.4 is 14.8 Å². The van der Waals surface area contributed by atoms with Gasteiger partial charge in [-0.2, -0.15) is 10.2 Å². The summed E-state index contributed by atoms with van der Waals surface area (Å²) >= 11 is 0. The molecule has 0 unspecified atom stereocenters. The van der Waals surface area contributed by atoms with Gasteiger partial charge in [0.1, 0.15) is 11.3 Å². The first-order valence-corrected chi connectivity index (χ1v) is 11.3. The number of nitrogens with zero attached hydrogens (tertiary/aromatic N) is 5. The lowest BCUT2D eigenvalue weighted by Gasteiger charge is -2.15. The molecule has 0 aliphatic rings. The highest BCUT2D eigenvalue weighted by atomic mass is 16.5. The van der Waals surface area contributed by atoms with Gasteiger partial charge in [-0.05, 0) is 84.6 Å². The number of hydrogen-bond donors (Lipinski definition) is 1. The molecule has 36 heavy (non-hydrogen) atoms. The molecule has 0 spiro atoms. The van der Waals surface area contributed by atoms with Gasteiger partial charge in [0, 0.05) is 31.2 Å². The van der Waals surface area contributed by atoms with Crippen molar-refractivity contribution >= 4 is 22.7 Å². The van der Waals surface area contributed by atoms with Crippen molar-refractivity contribution in [2.45, 2.75) is 13.8 Å². The Balaban J connectivity index is 1.52. The summed E-state index contributed by atoms with van der Waals surface area (Å²) in [7, 11) is 3.54. The van der Waals surface area contributed by atoms with Gasteiger partial charge < -0.3 is 19.4 Å². The van der Waals surface area contributed by atoms with Crippen LogP contribution in [0.4, 0.5) is 11.6 Å². The molecule has 0 aliphatic heterocycles. The molecular weight excluding hydrogens is 452 g/mol. The number of methoxy groups -OCH3 is 1. The third-order valence-electron chi connectivity index (χ3n) is 5.89. The van der Waals surface area contributed by atoms with Crippen LogP contribution in [0.2, 0.25) is 0 Å². The van der Waals surface area contributed by atoms with Crippen LogP contribution in [0, 0.1) is 25.2 Å². The fourth-order valence-electron chi connectivity index (χ4n) is 4.11. The Morgan fingerprint density at radius 2 is 1.69 bits per heavy atom. The van der Waals surface area contributed by atoms with Crippen LogP contribution in [-0.4, -0.2) is 26.6 Å². The van der Waals surface area contributed by atoms with Crippen molar-refractivity contribution in [3.8, 4) is 34.7 Å². The van der Waals surface area contributed by atoms with Crippen molar-refractivity contribution in [2.24, 2.45) is 7.05 Å². The van der Waals surface area contributed by atoms with Crippen LogP contribution in [0.15, 0.2) is 67.0 Å². The van der Waals surface area contributed by atoms with Gasteiger partial charge in [-0.15, -0.1) is 0 Å². The van der Waals surface area contributed by atoms with Crippen molar-refractivity contribution in [1.29, 1.82) is 5.26 Å². The summed E-state index contributed by atoms with van der Waals surface area (Å²) in [5.41, 5.74) is 6.93. The molecule has 0 saturated carbocycles. The van der Waals surface area contributed by atoms with Crippen molar-refractivity contribution < 1.29 is 9.47 Å². The third-order valence-corrected chi connectivity index (χ3v) is 5.89. The molecule has 0 fully saturated rings. The Labute approximate surface area is 208 Å². The Bertz CT molecular complexity index is 1590. The Kier molecular flexibility index (Phi) is 5.97. The van der Waals surface area contributed by atoms with Gasteiger partial charge in [-0.3, -0.25) is 0 Å². The molecule has 5 aromatic rings. The van der Waals surface area contributed by atoms with E-state index in [-0.39, 0.29) is 0 Å². The van der Waals surface area contributed by atoms with E-state index in [9.17, 15) is 0 Å². The highest BCUT2D eigenvalue weighted by Crippen LogP contribution is 2.36. The fraction of sp³-hybridized carbons (Fsp3) is 0.143. The molecule has 0 saturated heterocycles. The van der Waals surface area contributed by atoms with Gasteiger partial charge in [-0.1, -0.05) is 0 Å². The minimum atomic E-state index is 0.407. The van der Waals surface area contributed by atoms with Gasteiger partial charge >= 0.3 is 0 Å². The normalized spacial score (nSPS) is 10.8. The van der Waals surface area contributed by atoms with E-state index in [0.29, 0.717) is 23.3 Å². The van der Waals surface area contributed by atoms with Gasteiger partial charge in [0.05, 0.1) is 24.3 Å². The lowest BCUT2D eigenvalue weighted by molar-refractivity contribution is 0.398. The number of nitrogens with one attached hydrogen (secondary N) is 1. The second kappa shape index (κ2) is 9.39. The summed E-state index contributed by atoms with van der Waals surface area (Å²) in [5, 5.41) is 12.3. The summed E-state index contributed by atoms with van der Waals surface area (Å²) in [4.78, 5) is 13.5. The lowest BCUT2D eigenvalue weighted by Crippen LogP contribution is -2.02. The van der Waals surface area contributed by atoms with Gasteiger partial charge in [0.15, 0.2) is 0 Å². The standard InChI is InChI=1S/C28H24N6O2/c1-17-13-21(20-9-11-30-24(15-20)35-4)14-18(2)26(17)36-27-25-23(10-12-34(25)3)32-28(33-27)31-22-7-5-19(16-29)6-8-22/h5-15H,1-4H3,(H,31,32,33). The molecule has 0 aliphatic carbocycles. The molecule has 5 rings (SSSR count). The molecule has 178 valence electrons. The number of aromatic nitrogens is 4. The number of ether oxygens (including phenoxy) is 2. The van der Waals surface area contributed by atoms with Crippen LogP contribution in [0.3, 0.4) is 0 Å². The van der Waals surface area contributed by atoms with Crippen LogP contribution in [0.25, 0.3) is 22.2 Å². The number of nitriles is 1. The van der Waals surface area contributed by atoms with E-state index in [2.05, 4.69) is 33.5 Å². The quantitative estimate of drug-likeness (QED) is 0.318. The predicted molar refractivity (Wildman–Crippen MR) is 139 cm³/mol. The molecule has 0 radical (unpaired) electrons. The Morgan fingerprint density at radius 3 is 2.39 bits per heavy atom. The van der Waals surface area contributed by atoms with Crippen molar-refractivity contribution in [3.05, 3.63) is 83.7 Å². The van der Waals surface area contributed by atoms with Gasteiger partial charge in [0.2, 0.25) is 17.7 Å². The maximum Gasteiger partial charge on any atom is 0.249 e. The summed E-state index contributed by atoms with van der Waals surface area (Å²) in [6.07, 6.45) is 3.66. The zero-order valence-electron chi connectivity index (χ0n) is 20.4. The van der Waals surface area contributed by atoms with E-state index in [0.717, 1.165) is 44.7 Å². The van der Waals surface area contributed by atoms with E-state index in [1.165, 1.54) is 0 Å². The summed E-state index contributed by atoms with van der Waals surface area (Å²) < 4.78 is 13.7. The fourth-order valence-corrected chi connectivity index (χ4v) is 4.11. The lowest BCUT2D eigenvalue weighted by atomic mass is 10.0. The molecule has 8 heteroatoms. The maximum absolute atomic E-state index is 9.04. The zero-order valence-corrected chi connectivity index (χ0v) is 20.4. The van der Waals surface area contributed by atoms with E-state index in [1.807, 2.05) is 62.0 Å². The zero-order chi connectivity index (χ0) is 25.2. The minimum absolute atomic E-state index is 0.407. The number of benzene rings is 2. The Morgan fingerprint density at radius 1 is 0.944 bits per heavy atom. The molecule has 8 nitrogen and oxygen atoms in total.